The highest BCUT2D eigenvalue weighted by Gasteiger charge is 2.03. The summed E-state index contributed by atoms with van der Waals surface area (Å²) in [6.07, 6.45) is 3.43. The van der Waals surface area contributed by atoms with E-state index in [-0.39, 0.29) is 0 Å². The average Bonchev–Trinajstić information content (AvgIpc) is 2.50. The van der Waals surface area contributed by atoms with Crippen LogP contribution in [0.5, 0.6) is 0 Å². The number of aromatic amines is 1. The zero-order valence-electron chi connectivity index (χ0n) is 6.20. The molecule has 3 N–H and O–H groups in total. The first-order valence-corrected chi connectivity index (χ1v) is 3.49. The van der Waals surface area contributed by atoms with Gasteiger partial charge < -0.3 is 4.98 Å². The van der Waals surface area contributed by atoms with Crippen LogP contribution in [0.2, 0.25) is 0 Å². The Labute approximate surface area is 63.7 Å². The van der Waals surface area contributed by atoms with Crippen LogP contribution in [0.3, 0.4) is 0 Å². The Bertz CT molecular complexity index is 365. The Morgan fingerprint density at radius 3 is 3.18 bits per heavy atom. The largest absolute Gasteiger partial charge is 0.346 e. The van der Waals surface area contributed by atoms with Gasteiger partial charge in [0.05, 0.1) is 7.05 Å². The first-order chi connectivity index (χ1) is 5.42. The molecule has 0 amide bonds. The predicted octanol–water partition coefficient (Wildman–Crippen LogP) is -0.217. The molecule has 0 aromatic carbocycles. The molecule has 4 nitrogen and oxygen atoms in total. The van der Waals surface area contributed by atoms with E-state index in [1.54, 1.807) is 6.33 Å². The number of nitrogens with zero attached hydrogens (tertiary/aromatic N) is 2. The third kappa shape index (κ3) is 0.877. The van der Waals surface area contributed by atoms with Crippen LogP contribution in [0, 0.1) is 0 Å². The van der Waals surface area contributed by atoms with Crippen molar-refractivity contribution in [1.29, 1.82) is 0 Å². The lowest BCUT2D eigenvalue weighted by Crippen LogP contribution is -2.73. The van der Waals surface area contributed by atoms with Gasteiger partial charge in [0.25, 0.3) is 0 Å². The molecule has 2 aromatic heterocycles. The van der Waals surface area contributed by atoms with Crippen LogP contribution in [-0.4, -0.2) is 22.0 Å². The minimum Gasteiger partial charge on any atom is -0.346 e. The molecule has 0 atom stereocenters. The fourth-order valence-electron chi connectivity index (χ4n) is 1.12. The lowest BCUT2D eigenvalue weighted by atomic mass is 10.4. The van der Waals surface area contributed by atoms with Crippen molar-refractivity contribution < 1.29 is 5.32 Å². The van der Waals surface area contributed by atoms with Gasteiger partial charge in [-0.05, 0) is 6.07 Å². The topological polar surface area (TPSA) is 58.2 Å². The smallest absolute Gasteiger partial charge is 0.236 e. The van der Waals surface area contributed by atoms with Crippen LogP contribution in [0.15, 0.2) is 18.6 Å². The lowest BCUT2D eigenvalue weighted by molar-refractivity contribution is -0.541. The highest BCUT2D eigenvalue weighted by atomic mass is 15.0. The van der Waals surface area contributed by atoms with Gasteiger partial charge in [-0.2, -0.15) is 4.98 Å². The Morgan fingerprint density at radius 2 is 2.36 bits per heavy atom. The SMILES string of the molecule is C[NH2+]c1ncnc2[nH]ccc12. The van der Waals surface area contributed by atoms with E-state index in [1.807, 2.05) is 24.6 Å². The number of nitrogens with two attached hydrogens (primary N) is 1. The number of nitrogens with one attached hydrogen (secondary N) is 1. The van der Waals surface area contributed by atoms with Crippen molar-refractivity contribution in [1.82, 2.24) is 15.0 Å². The van der Waals surface area contributed by atoms with Crippen LogP contribution in [-0.2, 0) is 0 Å². The number of fused-ring (bicyclic) bond motifs is 1. The Morgan fingerprint density at radius 1 is 1.45 bits per heavy atom. The van der Waals surface area contributed by atoms with Gasteiger partial charge in [0.2, 0.25) is 5.82 Å². The molecule has 2 rings (SSSR count). The molecule has 0 aliphatic carbocycles. The molecule has 0 fully saturated rings. The molecule has 0 spiro atoms. The molecule has 0 radical (unpaired) electrons. The van der Waals surface area contributed by atoms with E-state index in [9.17, 15) is 0 Å². The Balaban J connectivity index is 2.79. The highest BCUT2D eigenvalue weighted by Crippen LogP contribution is 2.11. The maximum absolute atomic E-state index is 4.11. The number of aromatic nitrogens is 3. The minimum absolute atomic E-state index is 0.896. The number of hydrogen-bond donors (Lipinski definition) is 2. The highest BCUT2D eigenvalue weighted by molar-refractivity contribution is 5.82. The molecule has 0 bridgehead atoms. The Kier molecular flexibility index (Phi) is 1.33. The normalized spacial score (nSPS) is 10.6. The average molecular weight is 149 g/mol. The van der Waals surface area contributed by atoms with Crippen LogP contribution < -0.4 is 5.32 Å². The molecule has 0 aliphatic heterocycles. The number of hydrogen-bond acceptors (Lipinski definition) is 2. The summed E-state index contributed by atoms with van der Waals surface area (Å²) in [7, 11) is 1.97. The number of quaternary nitrogens is 1. The summed E-state index contributed by atoms with van der Waals surface area (Å²) in [5.41, 5.74) is 0.896. The van der Waals surface area contributed by atoms with Crippen LogP contribution >= 0.6 is 0 Å². The van der Waals surface area contributed by atoms with Crippen LogP contribution in [0.4, 0.5) is 5.82 Å². The van der Waals surface area contributed by atoms with Gasteiger partial charge in [-0.15, -0.1) is 0 Å². The second kappa shape index (κ2) is 2.32. The monoisotopic (exact) mass is 149 g/mol. The predicted molar refractivity (Wildman–Crippen MR) is 41.4 cm³/mol. The fourth-order valence-corrected chi connectivity index (χ4v) is 1.12. The molecule has 2 aromatic rings. The summed E-state index contributed by atoms with van der Waals surface area (Å²) in [6, 6.07) is 1.98. The van der Waals surface area contributed by atoms with Gasteiger partial charge in [0.1, 0.15) is 17.4 Å². The molecule has 0 saturated heterocycles. The van der Waals surface area contributed by atoms with Crippen molar-refractivity contribution in [3.63, 3.8) is 0 Å². The fraction of sp³-hybridized carbons (Fsp3) is 0.143. The van der Waals surface area contributed by atoms with Gasteiger partial charge in [-0.1, -0.05) is 0 Å². The third-order valence-corrected chi connectivity index (χ3v) is 1.66. The van der Waals surface area contributed by atoms with Gasteiger partial charge in [0, 0.05) is 6.20 Å². The summed E-state index contributed by atoms with van der Waals surface area (Å²) >= 11 is 0. The van der Waals surface area contributed by atoms with Crippen molar-refractivity contribution in [2.45, 2.75) is 0 Å². The van der Waals surface area contributed by atoms with Crippen LogP contribution in [0.1, 0.15) is 0 Å². The molecule has 0 aliphatic rings. The van der Waals surface area contributed by atoms with E-state index in [4.69, 9.17) is 0 Å². The van der Waals surface area contributed by atoms with Gasteiger partial charge in [-0.3, -0.25) is 5.32 Å². The van der Waals surface area contributed by atoms with Crippen molar-refractivity contribution in [3.8, 4) is 0 Å². The summed E-state index contributed by atoms with van der Waals surface area (Å²) in [5, 5.41) is 3.05. The first kappa shape index (κ1) is 6.30. The van der Waals surface area contributed by atoms with E-state index in [2.05, 4.69) is 15.0 Å². The summed E-state index contributed by atoms with van der Waals surface area (Å²) in [5.74, 6) is 0.983. The molecule has 0 unspecified atom stereocenters. The maximum Gasteiger partial charge on any atom is 0.236 e. The Hall–Kier alpha value is -1.42. The molecule has 11 heavy (non-hydrogen) atoms. The van der Waals surface area contributed by atoms with Gasteiger partial charge in [0.15, 0.2) is 0 Å². The zero-order chi connectivity index (χ0) is 7.68. The van der Waals surface area contributed by atoms with E-state index >= 15 is 0 Å². The summed E-state index contributed by atoms with van der Waals surface area (Å²) in [4.78, 5) is 11.2. The van der Waals surface area contributed by atoms with Crippen LogP contribution in [0.25, 0.3) is 11.0 Å². The van der Waals surface area contributed by atoms with Gasteiger partial charge >= 0.3 is 0 Å². The van der Waals surface area contributed by atoms with E-state index in [0.29, 0.717) is 0 Å². The van der Waals surface area contributed by atoms with E-state index in [1.165, 1.54) is 0 Å². The number of H-pyrrole nitrogens is 1. The first-order valence-electron chi connectivity index (χ1n) is 3.49. The number of rotatable bonds is 1. The minimum atomic E-state index is 0.896. The maximum atomic E-state index is 4.11. The van der Waals surface area contributed by atoms with Crippen molar-refractivity contribution in [2.75, 3.05) is 7.05 Å². The van der Waals surface area contributed by atoms with E-state index < -0.39 is 0 Å². The summed E-state index contributed by atoms with van der Waals surface area (Å²) < 4.78 is 0. The lowest BCUT2D eigenvalue weighted by Gasteiger charge is -1.92. The van der Waals surface area contributed by atoms with Gasteiger partial charge in [-0.25, -0.2) is 4.98 Å². The molecule has 4 heteroatoms. The second-order valence-corrected chi connectivity index (χ2v) is 2.29. The molecule has 2 heterocycles. The van der Waals surface area contributed by atoms with E-state index in [0.717, 1.165) is 16.9 Å². The standard InChI is InChI=1S/C7H8N4/c1-8-6-5-2-3-9-7(5)11-4-10-6/h2-4H,1H3,(H2,8,9,10,11)/p+1. The molecule has 56 valence electrons. The zero-order valence-corrected chi connectivity index (χ0v) is 6.20. The molecule has 0 saturated carbocycles. The second-order valence-electron chi connectivity index (χ2n) is 2.29. The summed E-state index contributed by atoms with van der Waals surface area (Å²) in [6.45, 7) is 0. The van der Waals surface area contributed by atoms with Crippen molar-refractivity contribution in [2.24, 2.45) is 0 Å². The van der Waals surface area contributed by atoms with Crippen molar-refractivity contribution in [3.05, 3.63) is 18.6 Å². The molecular weight excluding hydrogens is 140 g/mol. The third-order valence-electron chi connectivity index (χ3n) is 1.66. The van der Waals surface area contributed by atoms with Crippen molar-refractivity contribution >= 4 is 16.9 Å². The quantitative estimate of drug-likeness (QED) is 0.589. The molecular formula is C7H9N4+.